The number of nitrogens with zero attached hydrogens (tertiary/aromatic N) is 1. The van der Waals surface area contributed by atoms with E-state index >= 15 is 0 Å². The predicted molar refractivity (Wildman–Crippen MR) is 62.7 cm³/mol. The third-order valence-electron chi connectivity index (χ3n) is 3.00. The Morgan fingerprint density at radius 3 is 2.53 bits per heavy atom. The maximum absolute atomic E-state index is 11.6. The van der Waals surface area contributed by atoms with Gasteiger partial charge in [0, 0.05) is 19.5 Å². The van der Waals surface area contributed by atoms with Crippen molar-refractivity contribution in [2.45, 2.75) is 25.8 Å². The van der Waals surface area contributed by atoms with Gasteiger partial charge in [0.15, 0.2) is 0 Å². The Hall–Kier alpha value is -1.84. The van der Waals surface area contributed by atoms with Crippen molar-refractivity contribution in [2.24, 2.45) is 0 Å². The van der Waals surface area contributed by atoms with E-state index in [0.29, 0.717) is 13.0 Å². The second kappa shape index (κ2) is 4.99. The minimum Gasteiger partial charge on any atom is -0.478 e. The van der Waals surface area contributed by atoms with Gasteiger partial charge < -0.3 is 10.0 Å². The van der Waals surface area contributed by atoms with Gasteiger partial charge in [0.2, 0.25) is 5.91 Å². The molecule has 17 heavy (non-hydrogen) atoms. The lowest BCUT2D eigenvalue weighted by atomic mass is 10.1. The topological polar surface area (TPSA) is 57.6 Å². The van der Waals surface area contributed by atoms with Gasteiger partial charge >= 0.3 is 5.97 Å². The monoisotopic (exact) mass is 233 g/mol. The van der Waals surface area contributed by atoms with Crippen molar-refractivity contribution in [3.8, 4) is 0 Å². The van der Waals surface area contributed by atoms with Gasteiger partial charge in [-0.1, -0.05) is 12.1 Å². The van der Waals surface area contributed by atoms with Crippen LogP contribution in [0.1, 0.15) is 35.2 Å². The molecule has 1 amide bonds. The molecule has 0 atom stereocenters. The first kappa shape index (κ1) is 11.6. The van der Waals surface area contributed by atoms with Crippen molar-refractivity contribution < 1.29 is 14.7 Å². The van der Waals surface area contributed by atoms with E-state index in [9.17, 15) is 9.59 Å². The summed E-state index contributed by atoms with van der Waals surface area (Å²) in [7, 11) is 0. The minimum atomic E-state index is -0.925. The van der Waals surface area contributed by atoms with E-state index in [2.05, 4.69) is 0 Å². The van der Waals surface area contributed by atoms with Crippen LogP contribution in [0.15, 0.2) is 24.3 Å². The Labute approximate surface area is 99.9 Å². The Kier molecular flexibility index (Phi) is 3.42. The second-order valence-corrected chi connectivity index (χ2v) is 4.27. The number of carboxylic acid groups (broad SMARTS) is 1. The lowest BCUT2D eigenvalue weighted by molar-refractivity contribution is -0.133. The van der Waals surface area contributed by atoms with Gasteiger partial charge in [0.1, 0.15) is 0 Å². The molecule has 0 saturated carbocycles. The number of carbonyl (C=O) groups excluding carboxylic acids is 1. The van der Waals surface area contributed by atoms with Crippen molar-refractivity contribution in [1.82, 2.24) is 4.90 Å². The van der Waals surface area contributed by atoms with Crippen LogP contribution in [-0.4, -0.2) is 28.4 Å². The lowest BCUT2D eigenvalue weighted by Gasteiger charge is -2.26. The average Bonchev–Trinajstić information content (AvgIpc) is 2.33. The molecule has 1 aromatic rings. The van der Waals surface area contributed by atoms with Crippen LogP contribution in [0.4, 0.5) is 0 Å². The van der Waals surface area contributed by atoms with Crippen molar-refractivity contribution >= 4 is 11.9 Å². The van der Waals surface area contributed by atoms with Gasteiger partial charge in [-0.25, -0.2) is 4.79 Å². The molecule has 0 radical (unpaired) electrons. The number of carbonyl (C=O) groups is 2. The predicted octanol–water partition coefficient (Wildman–Crippen LogP) is 1.90. The Morgan fingerprint density at radius 2 is 1.94 bits per heavy atom. The molecule has 1 heterocycles. The van der Waals surface area contributed by atoms with Crippen LogP contribution >= 0.6 is 0 Å². The number of piperidine rings is 1. The molecular weight excluding hydrogens is 218 g/mol. The highest BCUT2D eigenvalue weighted by molar-refractivity contribution is 5.87. The third-order valence-corrected chi connectivity index (χ3v) is 3.00. The number of hydrogen-bond donors (Lipinski definition) is 1. The molecule has 1 aliphatic heterocycles. The normalized spacial score (nSPS) is 16.0. The van der Waals surface area contributed by atoms with Gasteiger partial charge in [-0.15, -0.1) is 0 Å². The number of benzene rings is 1. The maximum Gasteiger partial charge on any atom is 0.335 e. The second-order valence-electron chi connectivity index (χ2n) is 4.27. The zero-order valence-electron chi connectivity index (χ0n) is 9.56. The van der Waals surface area contributed by atoms with E-state index in [0.717, 1.165) is 24.9 Å². The van der Waals surface area contributed by atoms with Crippen molar-refractivity contribution in [2.75, 3.05) is 6.54 Å². The van der Waals surface area contributed by atoms with Crippen LogP contribution in [0.5, 0.6) is 0 Å². The van der Waals surface area contributed by atoms with Crippen LogP contribution in [0.25, 0.3) is 0 Å². The SMILES string of the molecule is O=C(O)c1ccc(CN2CCCCC2=O)cc1. The van der Waals surface area contributed by atoms with Crippen LogP contribution in [0, 0.1) is 0 Å². The number of carboxylic acids is 1. The molecule has 1 N–H and O–H groups in total. The summed E-state index contributed by atoms with van der Waals surface area (Å²) < 4.78 is 0. The van der Waals surface area contributed by atoms with E-state index in [1.54, 1.807) is 24.3 Å². The largest absolute Gasteiger partial charge is 0.478 e. The Morgan fingerprint density at radius 1 is 1.24 bits per heavy atom. The van der Waals surface area contributed by atoms with E-state index in [1.807, 2.05) is 4.90 Å². The zero-order valence-corrected chi connectivity index (χ0v) is 9.56. The quantitative estimate of drug-likeness (QED) is 0.867. The smallest absolute Gasteiger partial charge is 0.335 e. The summed E-state index contributed by atoms with van der Waals surface area (Å²) in [6, 6.07) is 6.69. The first-order valence-electron chi connectivity index (χ1n) is 5.77. The van der Waals surface area contributed by atoms with Gasteiger partial charge in [-0.3, -0.25) is 4.79 Å². The molecule has 1 aromatic carbocycles. The minimum absolute atomic E-state index is 0.193. The fourth-order valence-electron chi connectivity index (χ4n) is 2.00. The van der Waals surface area contributed by atoms with Crippen LogP contribution in [0.2, 0.25) is 0 Å². The van der Waals surface area contributed by atoms with E-state index in [1.165, 1.54) is 0 Å². The summed E-state index contributed by atoms with van der Waals surface area (Å²) in [4.78, 5) is 24.1. The highest BCUT2D eigenvalue weighted by Gasteiger charge is 2.17. The van der Waals surface area contributed by atoms with E-state index in [4.69, 9.17) is 5.11 Å². The summed E-state index contributed by atoms with van der Waals surface area (Å²) in [6.45, 7) is 1.39. The lowest BCUT2D eigenvalue weighted by Crippen LogP contribution is -2.34. The highest BCUT2D eigenvalue weighted by atomic mass is 16.4. The van der Waals surface area contributed by atoms with Crippen molar-refractivity contribution in [1.29, 1.82) is 0 Å². The molecule has 0 unspecified atom stereocenters. The Bertz CT molecular complexity index is 425. The molecule has 1 fully saturated rings. The highest BCUT2D eigenvalue weighted by Crippen LogP contribution is 2.14. The zero-order chi connectivity index (χ0) is 12.3. The molecule has 90 valence electrons. The number of aromatic carboxylic acids is 1. The molecule has 0 aliphatic carbocycles. The van der Waals surface area contributed by atoms with Gasteiger partial charge in [0.25, 0.3) is 0 Å². The number of rotatable bonds is 3. The molecule has 1 aliphatic rings. The van der Waals surface area contributed by atoms with Crippen molar-refractivity contribution in [3.63, 3.8) is 0 Å². The summed E-state index contributed by atoms with van der Waals surface area (Å²) in [5.41, 5.74) is 1.25. The Balaban J connectivity index is 2.03. The van der Waals surface area contributed by atoms with Crippen LogP contribution in [0.3, 0.4) is 0 Å². The molecule has 4 heteroatoms. The molecule has 4 nitrogen and oxygen atoms in total. The summed E-state index contributed by atoms with van der Waals surface area (Å²) in [5, 5.41) is 8.77. The number of likely N-dealkylation sites (tertiary alicyclic amines) is 1. The molecule has 2 rings (SSSR count). The van der Waals surface area contributed by atoms with Gasteiger partial charge in [0.05, 0.1) is 5.56 Å². The molecular formula is C13H15NO3. The standard InChI is InChI=1S/C13H15NO3/c15-12-3-1-2-8-14(12)9-10-4-6-11(7-5-10)13(16)17/h4-7H,1-3,8-9H2,(H,16,17). The fraction of sp³-hybridized carbons (Fsp3) is 0.385. The third kappa shape index (κ3) is 2.84. The van der Waals surface area contributed by atoms with Crippen LogP contribution < -0.4 is 0 Å². The van der Waals surface area contributed by atoms with E-state index in [-0.39, 0.29) is 11.5 Å². The number of amides is 1. The fourth-order valence-corrected chi connectivity index (χ4v) is 2.00. The van der Waals surface area contributed by atoms with Crippen LogP contribution in [-0.2, 0) is 11.3 Å². The summed E-state index contributed by atoms with van der Waals surface area (Å²) in [5.74, 6) is -0.732. The van der Waals surface area contributed by atoms with E-state index < -0.39 is 5.97 Å². The molecule has 0 aromatic heterocycles. The van der Waals surface area contributed by atoms with Gasteiger partial charge in [-0.05, 0) is 30.5 Å². The maximum atomic E-state index is 11.6. The molecule has 0 spiro atoms. The first-order valence-corrected chi connectivity index (χ1v) is 5.77. The summed E-state index contributed by atoms with van der Waals surface area (Å²) in [6.07, 6.45) is 2.67. The van der Waals surface area contributed by atoms with Crippen molar-refractivity contribution in [3.05, 3.63) is 35.4 Å². The molecule has 0 bridgehead atoms. The average molecular weight is 233 g/mol. The van der Waals surface area contributed by atoms with Gasteiger partial charge in [-0.2, -0.15) is 0 Å². The summed E-state index contributed by atoms with van der Waals surface area (Å²) >= 11 is 0. The number of hydrogen-bond acceptors (Lipinski definition) is 2. The molecule has 1 saturated heterocycles. The first-order chi connectivity index (χ1) is 8.16.